The van der Waals surface area contributed by atoms with Gasteiger partial charge in [0.15, 0.2) is 0 Å². The largest absolute Gasteiger partial charge is 0.465 e. The molecule has 2 atom stereocenters. The van der Waals surface area contributed by atoms with Gasteiger partial charge < -0.3 is 25.0 Å². The maximum Gasteiger partial charge on any atom is 0.426 e. The maximum absolute atomic E-state index is 13.4. The van der Waals surface area contributed by atoms with Gasteiger partial charge in [-0.05, 0) is 60.6 Å². The Morgan fingerprint density at radius 3 is 2.65 bits per heavy atom. The first-order chi connectivity index (χ1) is 17.4. The molecule has 0 radical (unpaired) electrons. The number of pyridine rings is 1. The second-order valence-electron chi connectivity index (χ2n) is 9.64. The number of carbonyl (C=O) groups excluding carboxylic acids is 1. The number of aromatic amines is 1. The van der Waals surface area contributed by atoms with E-state index in [1.54, 1.807) is 12.4 Å². The Hall–Kier alpha value is -3.31. The van der Waals surface area contributed by atoms with Crippen molar-refractivity contribution < 1.29 is 33.0 Å². The molecule has 1 saturated heterocycles. The van der Waals surface area contributed by atoms with Gasteiger partial charge in [-0.1, -0.05) is 17.7 Å². The number of nitrogens with zero attached hydrogens (tertiary/aromatic N) is 3. The van der Waals surface area contributed by atoms with Gasteiger partial charge in [-0.25, -0.2) is 9.78 Å². The van der Waals surface area contributed by atoms with Gasteiger partial charge in [0.25, 0.3) is 5.91 Å². The van der Waals surface area contributed by atoms with Crippen LogP contribution in [0.15, 0.2) is 30.6 Å². The molecule has 0 bridgehead atoms. The zero-order valence-corrected chi connectivity index (χ0v) is 20.5. The van der Waals surface area contributed by atoms with Crippen molar-refractivity contribution in [2.75, 3.05) is 13.1 Å². The number of halogens is 4. The number of H-pyrrole nitrogens is 1. The minimum absolute atomic E-state index is 0.0187. The van der Waals surface area contributed by atoms with Crippen LogP contribution in [0.25, 0.3) is 22.2 Å². The number of hydrogen-bond donors (Lipinski definition) is 3. The van der Waals surface area contributed by atoms with E-state index in [0.717, 1.165) is 27.0 Å². The number of fused-ring (bicyclic) bond motifs is 2. The molecule has 1 fully saturated rings. The van der Waals surface area contributed by atoms with Crippen molar-refractivity contribution in [1.29, 1.82) is 0 Å². The quantitative estimate of drug-likeness (QED) is 0.441. The number of hydrogen-bond acceptors (Lipinski definition) is 4. The van der Waals surface area contributed by atoms with Gasteiger partial charge in [-0.15, -0.1) is 0 Å². The lowest BCUT2D eigenvalue weighted by atomic mass is 9.86. The monoisotopic (exact) mass is 536 g/mol. The molecule has 196 valence electrons. The molecule has 8 nitrogen and oxygen atoms in total. The van der Waals surface area contributed by atoms with Crippen LogP contribution < -0.4 is 0 Å². The van der Waals surface area contributed by atoms with E-state index in [9.17, 15) is 33.0 Å². The highest BCUT2D eigenvalue weighted by Gasteiger charge is 2.57. The van der Waals surface area contributed by atoms with Gasteiger partial charge in [-0.3, -0.25) is 4.79 Å². The first-order valence-electron chi connectivity index (χ1n) is 11.7. The molecule has 0 spiro atoms. The number of alkyl halides is 3. The topological polar surface area (TPSA) is 110 Å². The van der Waals surface area contributed by atoms with Gasteiger partial charge >= 0.3 is 12.3 Å². The highest BCUT2D eigenvalue weighted by Crippen LogP contribution is 2.41. The van der Waals surface area contributed by atoms with E-state index in [-0.39, 0.29) is 19.5 Å². The number of aromatic nitrogens is 2. The van der Waals surface area contributed by atoms with Gasteiger partial charge in [-0.2, -0.15) is 13.2 Å². The van der Waals surface area contributed by atoms with Gasteiger partial charge in [0.1, 0.15) is 5.65 Å². The molecular formula is C25H24ClF3N4O4. The summed E-state index contributed by atoms with van der Waals surface area (Å²) in [5.41, 5.74) is 0.648. The third-order valence-corrected chi connectivity index (χ3v) is 7.62. The number of aliphatic hydroxyl groups is 1. The third kappa shape index (κ3) is 4.29. The molecule has 37 heavy (non-hydrogen) atoms. The maximum atomic E-state index is 13.4. The van der Waals surface area contributed by atoms with Crippen LogP contribution in [0.5, 0.6) is 0 Å². The zero-order chi connectivity index (χ0) is 26.7. The standard InChI is InChI=1S/C25H24ClF3N4O4/c1-24(37,25(27,28)29)22(34)32-6-4-13-7-14(15-9-17-19(26)11-31-21(17)30-10-15)8-16(18(13)12-32)20-3-2-5-33(20)23(35)36/h7-11,20,37H,2-6,12H2,1H3,(H,30,31)(H,35,36)/t20-,24?/m0/s1. The average Bonchev–Trinajstić information content (AvgIpc) is 3.49. The fourth-order valence-corrected chi connectivity index (χ4v) is 5.41. The molecule has 2 amide bonds. The Morgan fingerprint density at radius 2 is 1.95 bits per heavy atom. The van der Waals surface area contributed by atoms with E-state index in [4.69, 9.17) is 11.6 Å². The molecule has 2 aliphatic rings. The molecule has 3 N–H and O–H groups in total. The van der Waals surface area contributed by atoms with Crippen LogP contribution in [-0.4, -0.2) is 66.8 Å². The lowest BCUT2D eigenvalue weighted by Gasteiger charge is -2.37. The predicted octanol–water partition coefficient (Wildman–Crippen LogP) is 4.90. The molecule has 1 unspecified atom stereocenters. The van der Waals surface area contributed by atoms with E-state index in [2.05, 4.69) is 9.97 Å². The number of rotatable bonds is 3. The molecule has 12 heteroatoms. The van der Waals surface area contributed by atoms with Crippen molar-refractivity contribution in [2.24, 2.45) is 0 Å². The van der Waals surface area contributed by atoms with E-state index >= 15 is 0 Å². The van der Waals surface area contributed by atoms with Crippen molar-refractivity contribution >= 4 is 34.6 Å². The molecule has 5 rings (SSSR count). The summed E-state index contributed by atoms with van der Waals surface area (Å²) in [5.74, 6) is -1.43. The van der Waals surface area contributed by atoms with Crippen LogP contribution in [0.1, 0.15) is 42.5 Å². The smallest absolute Gasteiger partial charge is 0.426 e. The minimum atomic E-state index is -5.13. The number of nitrogens with one attached hydrogen (secondary N) is 1. The molecule has 0 saturated carbocycles. The van der Waals surface area contributed by atoms with Crippen LogP contribution in [0.3, 0.4) is 0 Å². The fourth-order valence-electron chi connectivity index (χ4n) is 5.21. The van der Waals surface area contributed by atoms with Crippen LogP contribution >= 0.6 is 11.6 Å². The van der Waals surface area contributed by atoms with Crippen molar-refractivity contribution in [3.05, 3.63) is 52.3 Å². The summed E-state index contributed by atoms with van der Waals surface area (Å²) in [6, 6.07) is 5.07. The predicted molar refractivity (Wildman–Crippen MR) is 129 cm³/mol. The van der Waals surface area contributed by atoms with Gasteiger partial charge in [0.05, 0.1) is 11.1 Å². The Labute approximate surface area is 214 Å². The molecule has 1 aromatic carbocycles. The van der Waals surface area contributed by atoms with Crippen LogP contribution in [0, 0.1) is 0 Å². The van der Waals surface area contributed by atoms with E-state index < -0.39 is 29.8 Å². The number of likely N-dealkylation sites (tertiary alicyclic amines) is 1. The summed E-state index contributed by atoms with van der Waals surface area (Å²) in [7, 11) is 0. The number of amides is 2. The summed E-state index contributed by atoms with van der Waals surface area (Å²) in [6.45, 7) is 0.597. The Bertz CT molecular complexity index is 1400. The van der Waals surface area contributed by atoms with Crippen LogP contribution in [0.2, 0.25) is 5.02 Å². The second kappa shape index (κ2) is 8.91. The summed E-state index contributed by atoms with van der Waals surface area (Å²) < 4.78 is 40.1. The Balaban J connectivity index is 1.60. The molecule has 4 heterocycles. The van der Waals surface area contributed by atoms with Crippen LogP contribution in [0.4, 0.5) is 18.0 Å². The second-order valence-corrected chi connectivity index (χ2v) is 10.0. The number of carboxylic acid groups (broad SMARTS) is 1. The molecule has 3 aromatic rings. The van der Waals surface area contributed by atoms with E-state index in [1.807, 2.05) is 18.2 Å². The van der Waals surface area contributed by atoms with Crippen molar-refractivity contribution in [1.82, 2.24) is 19.8 Å². The highest BCUT2D eigenvalue weighted by atomic mass is 35.5. The summed E-state index contributed by atoms with van der Waals surface area (Å²) in [4.78, 5) is 34.4. The van der Waals surface area contributed by atoms with E-state index in [0.29, 0.717) is 48.1 Å². The Morgan fingerprint density at radius 1 is 1.19 bits per heavy atom. The summed E-state index contributed by atoms with van der Waals surface area (Å²) in [6.07, 6.45) is -1.50. The molecule has 2 aliphatic heterocycles. The molecule has 0 aliphatic carbocycles. The first kappa shape index (κ1) is 25.3. The van der Waals surface area contributed by atoms with Crippen LogP contribution in [-0.2, 0) is 17.8 Å². The number of carbonyl (C=O) groups is 2. The van der Waals surface area contributed by atoms with Gasteiger partial charge in [0.2, 0.25) is 5.60 Å². The number of benzene rings is 1. The summed E-state index contributed by atoms with van der Waals surface area (Å²) >= 11 is 6.27. The molecular weight excluding hydrogens is 513 g/mol. The SMILES string of the molecule is CC(O)(C(=O)N1CCc2cc(-c3cnc4[nH]cc(Cl)c4c3)cc([C@@H]3CCCN3C(=O)O)c2C1)C(F)(F)F. The van der Waals surface area contributed by atoms with Gasteiger partial charge in [0, 0.05) is 43.0 Å². The molecule has 2 aromatic heterocycles. The highest BCUT2D eigenvalue weighted by molar-refractivity contribution is 6.35. The van der Waals surface area contributed by atoms with Crippen molar-refractivity contribution in [3.63, 3.8) is 0 Å². The Kier molecular flexibility index (Phi) is 6.11. The normalized spacial score (nSPS) is 19.7. The summed E-state index contributed by atoms with van der Waals surface area (Å²) in [5, 5.41) is 21.0. The van der Waals surface area contributed by atoms with E-state index in [1.165, 1.54) is 4.90 Å². The minimum Gasteiger partial charge on any atom is -0.465 e. The fraction of sp³-hybridized carbons (Fsp3) is 0.400. The zero-order valence-electron chi connectivity index (χ0n) is 19.8. The van der Waals surface area contributed by atoms with Crippen molar-refractivity contribution in [3.8, 4) is 11.1 Å². The average molecular weight is 537 g/mol. The lowest BCUT2D eigenvalue weighted by Crippen LogP contribution is -2.56. The lowest BCUT2D eigenvalue weighted by molar-refractivity contribution is -0.250. The van der Waals surface area contributed by atoms with Crippen molar-refractivity contribution in [2.45, 2.75) is 50.6 Å². The third-order valence-electron chi connectivity index (χ3n) is 7.30. The first-order valence-corrected chi connectivity index (χ1v) is 12.1.